The molecule has 0 aliphatic rings. The Morgan fingerprint density at radius 3 is 2.44 bits per heavy atom. The fourth-order valence-corrected chi connectivity index (χ4v) is 2.63. The molecule has 0 aliphatic heterocycles. The molecule has 0 unspecified atom stereocenters. The van der Waals surface area contributed by atoms with Crippen LogP contribution in [0.15, 0.2) is 51.7 Å². The molecule has 3 rings (SSSR count). The summed E-state index contributed by atoms with van der Waals surface area (Å²) in [6.45, 7) is 0. The van der Waals surface area contributed by atoms with E-state index >= 15 is 0 Å². The van der Waals surface area contributed by atoms with E-state index in [9.17, 15) is 14.4 Å². The van der Waals surface area contributed by atoms with Crippen LogP contribution >= 0.6 is 23.2 Å². The molecule has 1 aromatic heterocycles. The molecule has 0 saturated heterocycles. The Morgan fingerprint density at radius 1 is 1.00 bits per heavy atom. The second-order valence-electron chi connectivity index (χ2n) is 5.03. The van der Waals surface area contributed by atoms with Crippen molar-refractivity contribution < 1.29 is 18.7 Å². The third kappa shape index (κ3) is 3.50. The van der Waals surface area contributed by atoms with Gasteiger partial charge in [0, 0.05) is 16.5 Å². The van der Waals surface area contributed by atoms with Gasteiger partial charge in [0.2, 0.25) is 0 Å². The zero-order valence-corrected chi connectivity index (χ0v) is 13.9. The number of amides is 1. The molecule has 2 aromatic carbocycles. The van der Waals surface area contributed by atoms with Crippen molar-refractivity contribution in [1.82, 2.24) is 0 Å². The Bertz CT molecular complexity index is 1070. The number of hydrogen-bond donors (Lipinski definition) is 1. The van der Waals surface area contributed by atoms with Crippen LogP contribution in [-0.2, 0) is 0 Å². The van der Waals surface area contributed by atoms with Gasteiger partial charge in [0.15, 0.2) is 0 Å². The molecule has 126 valence electrons. The Hall–Kier alpha value is -2.83. The van der Waals surface area contributed by atoms with E-state index in [1.54, 1.807) is 0 Å². The first-order valence-corrected chi connectivity index (χ1v) is 7.65. The number of hydrogen-bond acceptors (Lipinski definition) is 5. The van der Waals surface area contributed by atoms with E-state index in [-0.39, 0.29) is 27.5 Å². The van der Waals surface area contributed by atoms with Crippen LogP contribution in [0.2, 0.25) is 10.0 Å². The molecule has 0 atom stereocenters. The van der Waals surface area contributed by atoms with Gasteiger partial charge >= 0.3 is 11.6 Å². The van der Waals surface area contributed by atoms with Crippen molar-refractivity contribution in [3.63, 3.8) is 0 Å². The van der Waals surface area contributed by atoms with Crippen molar-refractivity contribution >= 4 is 46.0 Å². The minimum atomic E-state index is -0.886. The van der Waals surface area contributed by atoms with Gasteiger partial charge < -0.3 is 14.9 Å². The highest BCUT2D eigenvalue weighted by Gasteiger charge is 2.15. The number of ether oxygens (including phenoxy) is 1. The predicted molar refractivity (Wildman–Crippen MR) is 92.4 cm³/mol. The number of benzene rings is 2. The predicted octanol–water partition coefficient (Wildman–Crippen LogP) is 3.42. The normalized spacial score (nSPS) is 10.6. The molecule has 1 amide bonds. The summed E-state index contributed by atoms with van der Waals surface area (Å²) in [5.41, 5.74) is 4.25. The smallest absolute Gasteiger partial charge is 0.349 e. The summed E-state index contributed by atoms with van der Waals surface area (Å²) in [5, 5.41) is 0.993. The van der Waals surface area contributed by atoms with Gasteiger partial charge in [-0.3, -0.25) is 4.79 Å². The number of carbonyl (C=O) groups excluding carboxylic acids is 2. The SMILES string of the molecule is NC(=O)c1cc2ccc(OC(=O)c3ccc(Cl)cc3Cl)cc2oc1=O. The Morgan fingerprint density at radius 2 is 1.76 bits per heavy atom. The lowest BCUT2D eigenvalue weighted by Crippen LogP contribution is -2.20. The van der Waals surface area contributed by atoms with Crippen molar-refractivity contribution in [2.75, 3.05) is 0 Å². The van der Waals surface area contributed by atoms with Crippen molar-refractivity contribution in [1.29, 1.82) is 0 Å². The average Bonchev–Trinajstić information content (AvgIpc) is 2.53. The zero-order chi connectivity index (χ0) is 18.1. The van der Waals surface area contributed by atoms with Crippen LogP contribution in [0.1, 0.15) is 20.7 Å². The van der Waals surface area contributed by atoms with Crippen LogP contribution in [0, 0.1) is 0 Å². The highest BCUT2D eigenvalue weighted by atomic mass is 35.5. The molecule has 0 fully saturated rings. The lowest BCUT2D eigenvalue weighted by Gasteiger charge is -2.07. The summed E-state index contributed by atoms with van der Waals surface area (Å²) >= 11 is 11.8. The molecule has 3 aromatic rings. The summed E-state index contributed by atoms with van der Waals surface area (Å²) < 4.78 is 10.3. The maximum atomic E-state index is 12.2. The molecule has 0 radical (unpaired) electrons. The molecule has 8 heteroatoms. The first-order valence-electron chi connectivity index (χ1n) is 6.90. The van der Waals surface area contributed by atoms with Crippen LogP contribution in [0.4, 0.5) is 0 Å². The van der Waals surface area contributed by atoms with E-state index in [4.69, 9.17) is 38.1 Å². The Labute approximate surface area is 150 Å². The summed E-state index contributed by atoms with van der Waals surface area (Å²) in [6, 6.07) is 10.0. The molecule has 25 heavy (non-hydrogen) atoms. The number of nitrogens with two attached hydrogens (primary N) is 1. The first kappa shape index (κ1) is 17.0. The molecular weight excluding hydrogens is 369 g/mol. The summed E-state index contributed by atoms with van der Waals surface area (Å²) in [5.74, 6) is -1.45. The number of primary amides is 1. The number of esters is 1. The van der Waals surface area contributed by atoms with E-state index in [0.717, 1.165) is 0 Å². The van der Waals surface area contributed by atoms with Crippen LogP contribution < -0.4 is 16.1 Å². The van der Waals surface area contributed by atoms with Crippen molar-refractivity contribution in [3.05, 3.63) is 74.1 Å². The van der Waals surface area contributed by atoms with Gasteiger partial charge in [0.25, 0.3) is 5.91 Å². The zero-order valence-electron chi connectivity index (χ0n) is 12.4. The fraction of sp³-hybridized carbons (Fsp3) is 0. The average molecular weight is 378 g/mol. The summed E-state index contributed by atoms with van der Waals surface area (Å²) in [4.78, 5) is 35.1. The van der Waals surface area contributed by atoms with Gasteiger partial charge in [0.1, 0.15) is 16.9 Å². The van der Waals surface area contributed by atoms with E-state index in [1.165, 1.54) is 42.5 Å². The van der Waals surface area contributed by atoms with E-state index in [2.05, 4.69) is 0 Å². The summed E-state index contributed by atoms with van der Waals surface area (Å²) in [7, 11) is 0. The number of carbonyl (C=O) groups is 2. The standard InChI is InChI=1S/C17H9Cl2NO5/c18-9-2-4-11(13(19)6-9)16(22)24-10-3-1-8-5-12(15(20)21)17(23)25-14(8)7-10/h1-7H,(H2,20,21). The van der Waals surface area contributed by atoms with E-state index in [1.807, 2.05) is 0 Å². The highest BCUT2D eigenvalue weighted by Crippen LogP contribution is 2.25. The third-order valence-electron chi connectivity index (χ3n) is 3.33. The molecule has 0 bridgehead atoms. The maximum Gasteiger partial charge on any atom is 0.349 e. The van der Waals surface area contributed by atoms with Gasteiger partial charge in [0.05, 0.1) is 10.6 Å². The highest BCUT2D eigenvalue weighted by molar-refractivity contribution is 6.36. The maximum absolute atomic E-state index is 12.2. The lowest BCUT2D eigenvalue weighted by molar-refractivity contribution is 0.0735. The van der Waals surface area contributed by atoms with E-state index in [0.29, 0.717) is 10.4 Å². The number of rotatable bonds is 3. The molecular formula is C17H9Cl2NO5. The van der Waals surface area contributed by atoms with Gasteiger partial charge in [-0.05, 0) is 36.4 Å². The largest absolute Gasteiger partial charge is 0.423 e. The molecule has 1 heterocycles. The monoisotopic (exact) mass is 377 g/mol. The van der Waals surface area contributed by atoms with Gasteiger partial charge in [-0.15, -0.1) is 0 Å². The Balaban J connectivity index is 1.94. The molecule has 0 aliphatic carbocycles. The third-order valence-corrected chi connectivity index (χ3v) is 3.88. The van der Waals surface area contributed by atoms with Gasteiger partial charge in [-0.2, -0.15) is 0 Å². The minimum Gasteiger partial charge on any atom is -0.423 e. The Kier molecular flexibility index (Phi) is 4.48. The van der Waals surface area contributed by atoms with Crippen LogP contribution in [0.3, 0.4) is 0 Å². The fourth-order valence-electron chi connectivity index (χ4n) is 2.14. The first-order chi connectivity index (χ1) is 11.8. The van der Waals surface area contributed by atoms with Crippen molar-refractivity contribution in [2.24, 2.45) is 5.73 Å². The van der Waals surface area contributed by atoms with Crippen molar-refractivity contribution in [2.45, 2.75) is 0 Å². The van der Waals surface area contributed by atoms with Crippen LogP contribution in [-0.4, -0.2) is 11.9 Å². The molecule has 2 N–H and O–H groups in total. The molecule has 6 nitrogen and oxygen atoms in total. The molecule has 0 spiro atoms. The van der Waals surface area contributed by atoms with Crippen LogP contribution in [0.5, 0.6) is 5.75 Å². The number of fused-ring (bicyclic) bond motifs is 1. The minimum absolute atomic E-state index is 0.136. The van der Waals surface area contributed by atoms with E-state index < -0.39 is 17.5 Å². The summed E-state index contributed by atoms with van der Waals surface area (Å²) in [6.07, 6.45) is 0. The number of halogens is 2. The van der Waals surface area contributed by atoms with Crippen LogP contribution in [0.25, 0.3) is 11.0 Å². The topological polar surface area (TPSA) is 99.6 Å². The second-order valence-corrected chi connectivity index (χ2v) is 5.87. The van der Waals surface area contributed by atoms with Gasteiger partial charge in [-0.1, -0.05) is 23.2 Å². The molecule has 0 saturated carbocycles. The second kappa shape index (κ2) is 6.58. The van der Waals surface area contributed by atoms with Crippen molar-refractivity contribution in [3.8, 4) is 5.75 Å². The van der Waals surface area contributed by atoms with Gasteiger partial charge in [-0.25, -0.2) is 9.59 Å². The lowest BCUT2D eigenvalue weighted by atomic mass is 10.1. The quantitative estimate of drug-likeness (QED) is 0.428.